The van der Waals surface area contributed by atoms with Crippen LogP contribution in [0, 0.1) is 17.8 Å². The molecular weight excluding hydrogens is 170 g/mol. The van der Waals surface area contributed by atoms with E-state index in [9.17, 15) is 0 Å². The SMILES string of the molecule is CC#CCCC(NCC)C(CC)CC. The molecule has 1 atom stereocenters. The summed E-state index contributed by atoms with van der Waals surface area (Å²) in [6.45, 7) is 9.73. The first-order valence-corrected chi connectivity index (χ1v) is 5.93. The molecule has 0 rings (SSSR count). The van der Waals surface area contributed by atoms with E-state index in [0.717, 1.165) is 18.9 Å². The maximum absolute atomic E-state index is 3.58. The van der Waals surface area contributed by atoms with Crippen LogP contribution < -0.4 is 5.32 Å². The van der Waals surface area contributed by atoms with Gasteiger partial charge in [-0.05, 0) is 25.8 Å². The van der Waals surface area contributed by atoms with Gasteiger partial charge in [-0.25, -0.2) is 0 Å². The third-order valence-electron chi connectivity index (χ3n) is 2.84. The van der Waals surface area contributed by atoms with Crippen molar-refractivity contribution in [3.05, 3.63) is 0 Å². The molecule has 0 aromatic heterocycles. The fraction of sp³-hybridized carbons (Fsp3) is 0.846. The van der Waals surface area contributed by atoms with Gasteiger partial charge in [-0.1, -0.05) is 33.6 Å². The molecule has 82 valence electrons. The minimum atomic E-state index is 0.663. The minimum absolute atomic E-state index is 0.663. The Morgan fingerprint density at radius 1 is 1.14 bits per heavy atom. The molecule has 0 bridgehead atoms. The van der Waals surface area contributed by atoms with Gasteiger partial charge in [0.1, 0.15) is 0 Å². The van der Waals surface area contributed by atoms with Crippen LogP contribution in [0.25, 0.3) is 0 Å². The first kappa shape index (κ1) is 13.5. The summed E-state index contributed by atoms with van der Waals surface area (Å²) < 4.78 is 0. The second-order valence-corrected chi connectivity index (χ2v) is 3.71. The molecule has 0 fully saturated rings. The normalized spacial score (nSPS) is 12.4. The van der Waals surface area contributed by atoms with Crippen molar-refractivity contribution >= 4 is 0 Å². The van der Waals surface area contributed by atoms with Crippen LogP contribution in [0.1, 0.15) is 53.4 Å². The van der Waals surface area contributed by atoms with E-state index in [1.807, 2.05) is 6.92 Å². The molecule has 1 unspecified atom stereocenters. The van der Waals surface area contributed by atoms with E-state index in [1.165, 1.54) is 19.3 Å². The molecule has 1 N–H and O–H groups in total. The summed E-state index contributed by atoms with van der Waals surface area (Å²) in [5.41, 5.74) is 0. The van der Waals surface area contributed by atoms with Crippen LogP contribution in [0.15, 0.2) is 0 Å². The van der Waals surface area contributed by atoms with Crippen molar-refractivity contribution in [3.63, 3.8) is 0 Å². The molecule has 0 amide bonds. The predicted octanol–water partition coefficient (Wildman–Crippen LogP) is 3.20. The Bertz CT molecular complexity index is 171. The van der Waals surface area contributed by atoms with E-state index in [2.05, 4.69) is 37.9 Å². The number of nitrogens with one attached hydrogen (secondary N) is 1. The molecule has 0 saturated heterocycles. The van der Waals surface area contributed by atoms with Crippen LogP contribution in [0.4, 0.5) is 0 Å². The second-order valence-electron chi connectivity index (χ2n) is 3.71. The molecule has 0 saturated carbocycles. The Morgan fingerprint density at radius 3 is 2.21 bits per heavy atom. The third kappa shape index (κ3) is 5.29. The summed E-state index contributed by atoms with van der Waals surface area (Å²) in [5, 5.41) is 3.58. The fourth-order valence-corrected chi connectivity index (χ4v) is 1.98. The summed E-state index contributed by atoms with van der Waals surface area (Å²) in [4.78, 5) is 0. The average Bonchev–Trinajstić information content (AvgIpc) is 2.20. The number of rotatable bonds is 7. The summed E-state index contributed by atoms with van der Waals surface area (Å²) in [7, 11) is 0. The fourth-order valence-electron chi connectivity index (χ4n) is 1.98. The topological polar surface area (TPSA) is 12.0 Å². The van der Waals surface area contributed by atoms with Crippen LogP contribution in [-0.2, 0) is 0 Å². The molecule has 0 radical (unpaired) electrons. The van der Waals surface area contributed by atoms with E-state index in [0.29, 0.717) is 6.04 Å². The summed E-state index contributed by atoms with van der Waals surface area (Å²) in [5.74, 6) is 6.93. The maximum Gasteiger partial charge on any atom is 0.0104 e. The molecule has 0 aromatic rings. The zero-order valence-corrected chi connectivity index (χ0v) is 10.2. The van der Waals surface area contributed by atoms with Gasteiger partial charge in [0.2, 0.25) is 0 Å². The van der Waals surface area contributed by atoms with Crippen molar-refractivity contribution in [3.8, 4) is 11.8 Å². The average molecular weight is 195 g/mol. The van der Waals surface area contributed by atoms with Crippen LogP contribution in [0.5, 0.6) is 0 Å². The van der Waals surface area contributed by atoms with Gasteiger partial charge >= 0.3 is 0 Å². The van der Waals surface area contributed by atoms with Crippen molar-refractivity contribution in [2.75, 3.05) is 6.54 Å². The zero-order chi connectivity index (χ0) is 10.8. The Hall–Kier alpha value is -0.480. The molecule has 0 aliphatic heterocycles. The first-order chi connectivity index (χ1) is 6.79. The summed E-state index contributed by atoms with van der Waals surface area (Å²) >= 11 is 0. The lowest BCUT2D eigenvalue weighted by atomic mass is 9.91. The third-order valence-corrected chi connectivity index (χ3v) is 2.84. The minimum Gasteiger partial charge on any atom is -0.314 e. The van der Waals surface area contributed by atoms with Gasteiger partial charge in [0.25, 0.3) is 0 Å². The van der Waals surface area contributed by atoms with Crippen molar-refractivity contribution < 1.29 is 0 Å². The molecule has 0 heterocycles. The van der Waals surface area contributed by atoms with Crippen LogP contribution in [0.3, 0.4) is 0 Å². The molecule has 0 aliphatic carbocycles. The van der Waals surface area contributed by atoms with Gasteiger partial charge < -0.3 is 5.32 Å². The van der Waals surface area contributed by atoms with E-state index in [1.54, 1.807) is 0 Å². The summed E-state index contributed by atoms with van der Waals surface area (Å²) in [6, 6.07) is 0.663. The Balaban J connectivity index is 4.01. The maximum atomic E-state index is 3.58. The summed E-state index contributed by atoms with van der Waals surface area (Å²) in [6.07, 6.45) is 4.77. The van der Waals surface area contributed by atoms with Gasteiger partial charge in [0.15, 0.2) is 0 Å². The highest BCUT2D eigenvalue weighted by Crippen LogP contribution is 2.16. The Kier molecular flexibility index (Phi) is 8.78. The highest BCUT2D eigenvalue weighted by atomic mass is 14.9. The highest BCUT2D eigenvalue weighted by molar-refractivity contribution is 4.96. The van der Waals surface area contributed by atoms with Crippen molar-refractivity contribution in [2.45, 2.75) is 59.4 Å². The van der Waals surface area contributed by atoms with Crippen molar-refractivity contribution in [1.29, 1.82) is 0 Å². The predicted molar refractivity (Wildman–Crippen MR) is 64.2 cm³/mol. The molecule has 0 spiro atoms. The van der Waals surface area contributed by atoms with E-state index >= 15 is 0 Å². The van der Waals surface area contributed by atoms with Gasteiger partial charge in [0.05, 0.1) is 0 Å². The molecule has 1 nitrogen and oxygen atoms in total. The monoisotopic (exact) mass is 195 g/mol. The van der Waals surface area contributed by atoms with Gasteiger partial charge in [-0.3, -0.25) is 0 Å². The molecule has 0 aromatic carbocycles. The Labute approximate surface area is 89.7 Å². The van der Waals surface area contributed by atoms with Gasteiger partial charge in [0, 0.05) is 12.5 Å². The standard InChI is InChI=1S/C13H25N/c1-5-9-10-11-13(14-8-4)12(6-2)7-3/h12-14H,6-8,10-11H2,1-4H3. The molecule has 1 heteroatoms. The Morgan fingerprint density at radius 2 is 1.79 bits per heavy atom. The van der Waals surface area contributed by atoms with E-state index in [4.69, 9.17) is 0 Å². The van der Waals surface area contributed by atoms with Crippen LogP contribution >= 0.6 is 0 Å². The number of hydrogen-bond acceptors (Lipinski definition) is 1. The molecule has 14 heavy (non-hydrogen) atoms. The van der Waals surface area contributed by atoms with Crippen molar-refractivity contribution in [1.82, 2.24) is 5.32 Å². The van der Waals surface area contributed by atoms with Gasteiger partial charge in [-0.15, -0.1) is 11.8 Å². The smallest absolute Gasteiger partial charge is 0.0104 e. The molecule has 0 aliphatic rings. The second kappa shape index (κ2) is 9.09. The lowest BCUT2D eigenvalue weighted by molar-refractivity contribution is 0.325. The van der Waals surface area contributed by atoms with E-state index in [-0.39, 0.29) is 0 Å². The zero-order valence-electron chi connectivity index (χ0n) is 10.2. The lowest BCUT2D eigenvalue weighted by Gasteiger charge is -2.25. The van der Waals surface area contributed by atoms with Crippen LogP contribution in [0.2, 0.25) is 0 Å². The lowest BCUT2D eigenvalue weighted by Crippen LogP contribution is -2.35. The van der Waals surface area contributed by atoms with Gasteiger partial charge in [-0.2, -0.15) is 0 Å². The first-order valence-electron chi connectivity index (χ1n) is 5.93. The number of hydrogen-bond donors (Lipinski definition) is 1. The quantitative estimate of drug-likeness (QED) is 0.615. The highest BCUT2D eigenvalue weighted by Gasteiger charge is 2.16. The van der Waals surface area contributed by atoms with Crippen molar-refractivity contribution in [2.24, 2.45) is 5.92 Å². The molecular formula is C13H25N. The van der Waals surface area contributed by atoms with E-state index < -0.39 is 0 Å². The largest absolute Gasteiger partial charge is 0.314 e. The van der Waals surface area contributed by atoms with Crippen LogP contribution in [-0.4, -0.2) is 12.6 Å².